The molecule has 26 heavy (non-hydrogen) atoms. The summed E-state index contributed by atoms with van der Waals surface area (Å²) in [5, 5.41) is 3.22. The Labute approximate surface area is 153 Å². The summed E-state index contributed by atoms with van der Waals surface area (Å²) < 4.78 is 33.3. The van der Waals surface area contributed by atoms with Crippen LogP contribution in [0.25, 0.3) is 0 Å². The maximum Gasteiger partial charge on any atom is 0.243 e. The highest BCUT2D eigenvalue weighted by atomic mass is 32.2. The van der Waals surface area contributed by atoms with Gasteiger partial charge < -0.3 is 10.1 Å². The van der Waals surface area contributed by atoms with Crippen molar-refractivity contribution in [3.63, 3.8) is 0 Å². The molecule has 3 atom stereocenters. The molecule has 0 aliphatic carbocycles. The first-order valence-corrected chi connectivity index (χ1v) is 10.2. The minimum atomic E-state index is -3.49. The van der Waals surface area contributed by atoms with Crippen LogP contribution in [0.3, 0.4) is 0 Å². The molecule has 1 N–H and O–H groups in total. The summed E-state index contributed by atoms with van der Waals surface area (Å²) in [7, 11) is -3.49. The van der Waals surface area contributed by atoms with Gasteiger partial charge in [-0.1, -0.05) is 12.1 Å². The van der Waals surface area contributed by atoms with Crippen molar-refractivity contribution in [2.45, 2.75) is 17.9 Å². The zero-order valence-electron chi connectivity index (χ0n) is 14.6. The van der Waals surface area contributed by atoms with Crippen molar-refractivity contribution >= 4 is 16.0 Å². The molecule has 2 aromatic rings. The summed E-state index contributed by atoms with van der Waals surface area (Å²) in [6.07, 6.45) is 3.34. The molecule has 0 spiro atoms. The lowest BCUT2D eigenvalue weighted by Crippen LogP contribution is -2.32. The lowest BCUT2D eigenvalue weighted by molar-refractivity contribution is 0.104. The van der Waals surface area contributed by atoms with E-state index in [0.29, 0.717) is 37.1 Å². The molecule has 2 fully saturated rings. The first-order valence-electron chi connectivity index (χ1n) is 8.73. The van der Waals surface area contributed by atoms with E-state index in [1.165, 1.54) is 0 Å². The molecule has 0 unspecified atom stereocenters. The number of ether oxygens (including phenoxy) is 1. The quantitative estimate of drug-likeness (QED) is 0.854. The molecule has 2 saturated heterocycles. The average Bonchev–Trinajstić information content (AvgIpc) is 3.22. The van der Waals surface area contributed by atoms with Gasteiger partial charge in [-0.15, -0.1) is 0 Å². The van der Waals surface area contributed by atoms with Gasteiger partial charge >= 0.3 is 0 Å². The minimum Gasteiger partial charge on any atom is -0.376 e. The number of nitrogens with one attached hydrogen (secondary N) is 1. The normalized spacial score (nSPS) is 26.0. The van der Waals surface area contributed by atoms with Gasteiger partial charge in [-0.25, -0.2) is 18.4 Å². The Balaban J connectivity index is 1.44. The standard InChI is InChI=1S/C18H22N4O3S/c1-13-4-2-5-15(8-13)26(23,24)22-10-16-14(12-25-17(16)11-22)9-21-18-19-6-3-7-20-18/h2-8,14,16-17H,9-12H2,1H3,(H,19,20,21)/t14-,16+,17+/m0/s1. The second-order valence-corrected chi connectivity index (χ2v) is 8.83. The number of nitrogens with zero attached hydrogens (tertiary/aromatic N) is 3. The van der Waals surface area contributed by atoms with E-state index in [1.807, 2.05) is 13.0 Å². The topological polar surface area (TPSA) is 84.4 Å². The van der Waals surface area contributed by atoms with Crippen LogP contribution in [-0.4, -0.2) is 55.0 Å². The minimum absolute atomic E-state index is 0.0434. The fourth-order valence-corrected chi connectivity index (χ4v) is 5.30. The number of rotatable bonds is 5. The Morgan fingerprint density at radius 2 is 2.04 bits per heavy atom. The molecule has 2 aliphatic rings. The maximum atomic E-state index is 12.9. The summed E-state index contributed by atoms with van der Waals surface area (Å²) in [4.78, 5) is 8.67. The van der Waals surface area contributed by atoms with Crippen LogP contribution in [0.2, 0.25) is 0 Å². The Morgan fingerprint density at radius 1 is 1.23 bits per heavy atom. The second kappa shape index (κ2) is 6.94. The van der Waals surface area contributed by atoms with Gasteiger partial charge in [-0.2, -0.15) is 4.31 Å². The summed E-state index contributed by atoms with van der Waals surface area (Å²) in [5.41, 5.74) is 0.937. The average molecular weight is 374 g/mol. The zero-order valence-corrected chi connectivity index (χ0v) is 15.4. The third-order valence-corrected chi connectivity index (χ3v) is 6.95. The molecule has 0 bridgehead atoms. The largest absolute Gasteiger partial charge is 0.376 e. The van der Waals surface area contributed by atoms with Gasteiger partial charge in [0.1, 0.15) is 0 Å². The van der Waals surface area contributed by atoms with Gasteiger partial charge in [-0.05, 0) is 30.7 Å². The van der Waals surface area contributed by atoms with Gasteiger partial charge in [-0.3, -0.25) is 0 Å². The first-order chi connectivity index (χ1) is 12.5. The number of fused-ring (bicyclic) bond motifs is 1. The molecule has 1 aromatic heterocycles. The van der Waals surface area contributed by atoms with Crippen LogP contribution < -0.4 is 5.32 Å². The lowest BCUT2D eigenvalue weighted by atomic mass is 9.93. The van der Waals surface area contributed by atoms with Crippen molar-refractivity contribution in [2.24, 2.45) is 11.8 Å². The molecule has 0 amide bonds. The van der Waals surface area contributed by atoms with Crippen LogP contribution in [-0.2, 0) is 14.8 Å². The molecule has 0 radical (unpaired) electrons. The fraction of sp³-hybridized carbons (Fsp3) is 0.444. The highest BCUT2D eigenvalue weighted by molar-refractivity contribution is 7.89. The fourth-order valence-electron chi connectivity index (χ4n) is 3.71. The molecule has 4 rings (SSSR count). The number of hydrogen-bond donors (Lipinski definition) is 1. The van der Waals surface area contributed by atoms with Crippen molar-refractivity contribution in [3.8, 4) is 0 Å². The Bertz CT molecular complexity index is 875. The van der Waals surface area contributed by atoms with Gasteiger partial charge in [0, 0.05) is 43.9 Å². The van der Waals surface area contributed by atoms with Crippen molar-refractivity contribution in [3.05, 3.63) is 48.3 Å². The van der Waals surface area contributed by atoms with Crippen molar-refractivity contribution in [1.29, 1.82) is 0 Å². The monoisotopic (exact) mass is 374 g/mol. The van der Waals surface area contributed by atoms with E-state index >= 15 is 0 Å². The summed E-state index contributed by atoms with van der Waals surface area (Å²) in [6, 6.07) is 8.82. The molecule has 8 heteroatoms. The van der Waals surface area contributed by atoms with E-state index in [4.69, 9.17) is 4.74 Å². The maximum absolute atomic E-state index is 12.9. The van der Waals surface area contributed by atoms with Crippen LogP contribution in [0.15, 0.2) is 47.6 Å². The molecule has 2 aliphatic heterocycles. The first kappa shape index (κ1) is 17.4. The van der Waals surface area contributed by atoms with Crippen molar-refractivity contribution < 1.29 is 13.2 Å². The molecule has 3 heterocycles. The number of aromatic nitrogens is 2. The molecule has 1 aromatic carbocycles. The van der Waals surface area contributed by atoms with Gasteiger partial charge in [0.15, 0.2) is 0 Å². The summed E-state index contributed by atoms with van der Waals surface area (Å²) in [5.74, 6) is 1.01. The van der Waals surface area contributed by atoms with Crippen molar-refractivity contribution in [2.75, 3.05) is 31.6 Å². The lowest BCUT2D eigenvalue weighted by Gasteiger charge is -2.20. The molecular formula is C18H22N4O3S. The number of benzene rings is 1. The Morgan fingerprint density at radius 3 is 2.81 bits per heavy atom. The molecule has 7 nitrogen and oxygen atoms in total. The number of hydrogen-bond acceptors (Lipinski definition) is 6. The van der Waals surface area contributed by atoms with Crippen LogP contribution in [0.1, 0.15) is 5.56 Å². The number of anilines is 1. The summed E-state index contributed by atoms with van der Waals surface area (Å²) in [6.45, 7) is 4.10. The van der Waals surface area contributed by atoms with E-state index in [-0.39, 0.29) is 17.9 Å². The van der Waals surface area contributed by atoms with E-state index in [2.05, 4.69) is 15.3 Å². The third-order valence-electron chi connectivity index (χ3n) is 5.12. The van der Waals surface area contributed by atoms with Gasteiger partial charge in [0.25, 0.3) is 0 Å². The van der Waals surface area contributed by atoms with E-state index in [9.17, 15) is 8.42 Å². The third kappa shape index (κ3) is 3.32. The Kier molecular flexibility index (Phi) is 4.64. The highest BCUT2D eigenvalue weighted by Crippen LogP contribution is 2.36. The van der Waals surface area contributed by atoms with Crippen LogP contribution in [0, 0.1) is 18.8 Å². The SMILES string of the molecule is Cc1cccc(S(=O)(=O)N2C[C@@H]3[C@@H](CNc4ncccn4)CO[C@@H]3C2)c1. The Hall–Kier alpha value is -2.03. The van der Waals surface area contributed by atoms with Crippen LogP contribution in [0.4, 0.5) is 5.95 Å². The number of aryl methyl sites for hydroxylation is 1. The van der Waals surface area contributed by atoms with E-state index in [1.54, 1.807) is 41.0 Å². The van der Waals surface area contributed by atoms with Crippen LogP contribution in [0.5, 0.6) is 0 Å². The molecule has 0 saturated carbocycles. The predicted octanol–water partition coefficient (Wildman–Crippen LogP) is 1.53. The van der Waals surface area contributed by atoms with E-state index in [0.717, 1.165) is 5.56 Å². The molecule has 138 valence electrons. The summed E-state index contributed by atoms with van der Waals surface area (Å²) >= 11 is 0. The number of sulfonamides is 1. The predicted molar refractivity (Wildman–Crippen MR) is 97.2 cm³/mol. The van der Waals surface area contributed by atoms with Crippen molar-refractivity contribution in [1.82, 2.24) is 14.3 Å². The smallest absolute Gasteiger partial charge is 0.243 e. The van der Waals surface area contributed by atoms with E-state index < -0.39 is 10.0 Å². The van der Waals surface area contributed by atoms with Gasteiger partial charge in [0.05, 0.1) is 17.6 Å². The zero-order chi connectivity index (χ0) is 18.1. The van der Waals surface area contributed by atoms with Crippen LogP contribution >= 0.6 is 0 Å². The molecular weight excluding hydrogens is 352 g/mol. The second-order valence-electron chi connectivity index (χ2n) is 6.89. The highest BCUT2D eigenvalue weighted by Gasteiger charge is 2.47. The van der Waals surface area contributed by atoms with Gasteiger partial charge in [0.2, 0.25) is 16.0 Å².